The van der Waals surface area contributed by atoms with Gasteiger partial charge in [0.15, 0.2) is 5.69 Å². The summed E-state index contributed by atoms with van der Waals surface area (Å²) in [5.41, 5.74) is 2.56. The predicted molar refractivity (Wildman–Crippen MR) is 96.0 cm³/mol. The number of amides is 1. The molecule has 4 nitrogen and oxygen atoms in total. The normalized spacial score (nSPS) is 16.9. The molecule has 0 aliphatic carbocycles. The molecule has 0 saturated carbocycles. The van der Waals surface area contributed by atoms with E-state index in [1.54, 1.807) is 28.3 Å². The van der Waals surface area contributed by atoms with Crippen LogP contribution in [0.1, 0.15) is 33.9 Å². The van der Waals surface area contributed by atoms with E-state index in [4.69, 9.17) is 11.6 Å². The first-order chi connectivity index (χ1) is 11.6. The van der Waals surface area contributed by atoms with E-state index in [0.29, 0.717) is 10.7 Å². The van der Waals surface area contributed by atoms with Crippen molar-refractivity contribution < 1.29 is 4.79 Å². The lowest BCUT2D eigenvalue weighted by molar-refractivity contribution is 0.0673. The molecule has 1 aliphatic heterocycles. The summed E-state index contributed by atoms with van der Waals surface area (Å²) >= 11 is 7.80. The van der Waals surface area contributed by atoms with Crippen molar-refractivity contribution in [3.8, 4) is 5.69 Å². The van der Waals surface area contributed by atoms with Crippen LogP contribution in [0.15, 0.2) is 48.0 Å². The molecule has 0 fully saturated rings. The molecule has 0 saturated heterocycles. The lowest BCUT2D eigenvalue weighted by atomic mass is 10.0. The summed E-state index contributed by atoms with van der Waals surface area (Å²) in [6.45, 7) is 2.81. The molecule has 3 aromatic rings. The van der Waals surface area contributed by atoms with Gasteiger partial charge in [0.25, 0.3) is 5.91 Å². The van der Waals surface area contributed by atoms with Gasteiger partial charge in [-0.15, -0.1) is 11.3 Å². The lowest BCUT2D eigenvalue weighted by Gasteiger charge is -2.33. The van der Waals surface area contributed by atoms with Crippen LogP contribution in [0.5, 0.6) is 0 Å². The summed E-state index contributed by atoms with van der Waals surface area (Å²) in [5.74, 6) is -0.0277. The van der Waals surface area contributed by atoms with Gasteiger partial charge < -0.3 is 4.90 Å². The SMILES string of the molecule is CC1c2ccsc2CCN1C(=O)c1ccn(-c2cccc(Cl)c2)n1. The van der Waals surface area contributed by atoms with Gasteiger partial charge in [0.1, 0.15) is 0 Å². The van der Waals surface area contributed by atoms with Crippen molar-refractivity contribution in [3.63, 3.8) is 0 Å². The molecule has 1 aromatic carbocycles. The second-order valence-corrected chi connectivity index (χ2v) is 7.29. The Morgan fingerprint density at radius 1 is 1.33 bits per heavy atom. The van der Waals surface area contributed by atoms with E-state index in [1.807, 2.05) is 29.2 Å². The van der Waals surface area contributed by atoms with Crippen LogP contribution in [-0.4, -0.2) is 27.1 Å². The highest BCUT2D eigenvalue weighted by atomic mass is 35.5. The second-order valence-electron chi connectivity index (χ2n) is 5.85. The molecule has 122 valence electrons. The zero-order valence-electron chi connectivity index (χ0n) is 13.1. The van der Waals surface area contributed by atoms with Gasteiger partial charge in [-0.05, 0) is 54.6 Å². The topological polar surface area (TPSA) is 38.1 Å². The summed E-state index contributed by atoms with van der Waals surface area (Å²) in [4.78, 5) is 16.2. The molecule has 0 radical (unpaired) electrons. The van der Waals surface area contributed by atoms with E-state index in [-0.39, 0.29) is 11.9 Å². The highest BCUT2D eigenvalue weighted by Crippen LogP contribution is 2.33. The fourth-order valence-corrected chi connectivity index (χ4v) is 4.28. The highest BCUT2D eigenvalue weighted by Gasteiger charge is 2.30. The zero-order valence-corrected chi connectivity index (χ0v) is 14.7. The third kappa shape index (κ3) is 2.64. The monoisotopic (exact) mass is 357 g/mol. The molecule has 0 N–H and O–H groups in total. The minimum atomic E-state index is -0.0277. The highest BCUT2D eigenvalue weighted by molar-refractivity contribution is 7.10. The van der Waals surface area contributed by atoms with Gasteiger partial charge >= 0.3 is 0 Å². The van der Waals surface area contributed by atoms with Gasteiger partial charge in [-0.2, -0.15) is 5.10 Å². The molecule has 24 heavy (non-hydrogen) atoms. The maximum Gasteiger partial charge on any atom is 0.274 e. The van der Waals surface area contributed by atoms with Gasteiger partial charge in [-0.25, -0.2) is 4.68 Å². The summed E-state index contributed by atoms with van der Waals surface area (Å²) in [7, 11) is 0. The Kier molecular flexibility index (Phi) is 3.90. The van der Waals surface area contributed by atoms with Crippen LogP contribution in [0.2, 0.25) is 5.02 Å². The van der Waals surface area contributed by atoms with Gasteiger partial charge in [0.2, 0.25) is 0 Å². The zero-order chi connectivity index (χ0) is 16.7. The van der Waals surface area contributed by atoms with Crippen LogP contribution in [-0.2, 0) is 6.42 Å². The van der Waals surface area contributed by atoms with Gasteiger partial charge in [0.05, 0.1) is 11.7 Å². The Balaban J connectivity index is 1.60. The lowest BCUT2D eigenvalue weighted by Crippen LogP contribution is -2.38. The van der Waals surface area contributed by atoms with Crippen LogP contribution >= 0.6 is 22.9 Å². The molecule has 6 heteroatoms. The fraction of sp³-hybridized carbons (Fsp3) is 0.222. The average molecular weight is 358 g/mol. The molecular formula is C18H16ClN3OS. The summed E-state index contributed by atoms with van der Waals surface area (Å²) in [6.07, 6.45) is 2.71. The van der Waals surface area contributed by atoms with E-state index >= 15 is 0 Å². The molecule has 0 bridgehead atoms. The Hall–Kier alpha value is -2.11. The van der Waals surface area contributed by atoms with Gasteiger partial charge in [-0.3, -0.25) is 4.79 Å². The van der Waals surface area contributed by atoms with E-state index < -0.39 is 0 Å². The van der Waals surface area contributed by atoms with Crippen molar-refractivity contribution in [2.24, 2.45) is 0 Å². The fourth-order valence-electron chi connectivity index (χ4n) is 3.13. The van der Waals surface area contributed by atoms with Crippen molar-refractivity contribution in [2.45, 2.75) is 19.4 Å². The van der Waals surface area contributed by atoms with E-state index in [9.17, 15) is 4.79 Å². The summed E-state index contributed by atoms with van der Waals surface area (Å²) in [5, 5.41) is 7.19. The van der Waals surface area contributed by atoms with Gasteiger partial charge in [0, 0.05) is 22.6 Å². The van der Waals surface area contributed by atoms with E-state index in [0.717, 1.165) is 18.7 Å². The maximum atomic E-state index is 12.9. The van der Waals surface area contributed by atoms with Crippen molar-refractivity contribution in [1.29, 1.82) is 0 Å². The molecule has 1 atom stereocenters. The Labute approximate surface area is 149 Å². The van der Waals surface area contributed by atoms with Crippen molar-refractivity contribution in [1.82, 2.24) is 14.7 Å². The molecule has 1 aliphatic rings. The minimum Gasteiger partial charge on any atom is -0.330 e. The summed E-state index contributed by atoms with van der Waals surface area (Å²) < 4.78 is 1.68. The molecule has 2 aromatic heterocycles. The van der Waals surface area contributed by atoms with E-state index in [1.165, 1.54) is 10.4 Å². The quantitative estimate of drug-likeness (QED) is 0.684. The molecular weight excluding hydrogens is 342 g/mol. The first kappa shape index (κ1) is 15.4. The van der Waals surface area contributed by atoms with Crippen molar-refractivity contribution in [2.75, 3.05) is 6.54 Å². The average Bonchev–Trinajstić information content (AvgIpc) is 3.24. The molecule has 1 amide bonds. The summed E-state index contributed by atoms with van der Waals surface area (Å²) in [6, 6.07) is 11.4. The number of nitrogens with zero attached hydrogens (tertiary/aromatic N) is 3. The van der Waals surface area contributed by atoms with Crippen LogP contribution in [0, 0.1) is 0 Å². The Morgan fingerprint density at radius 3 is 3.04 bits per heavy atom. The van der Waals surface area contributed by atoms with Crippen LogP contribution in [0.3, 0.4) is 0 Å². The molecule has 0 spiro atoms. The first-order valence-electron chi connectivity index (χ1n) is 7.82. The number of carbonyl (C=O) groups excluding carboxylic acids is 1. The second kappa shape index (κ2) is 6.07. The van der Waals surface area contributed by atoms with Crippen molar-refractivity contribution >= 4 is 28.8 Å². The number of fused-ring (bicyclic) bond motifs is 1. The number of thiophene rings is 1. The number of hydrogen-bond donors (Lipinski definition) is 0. The van der Waals surface area contributed by atoms with Crippen LogP contribution < -0.4 is 0 Å². The number of hydrogen-bond acceptors (Lipinski definition) is 3. The number of halogens is 1. The number of carbonyl (C=O) groups is 1. The van der Waals surface area contributed by atoms with E-state index in [2.05, 4.69) is 23.5 Å². The largest absolute Gasteiger partial charge is 0.330 e. The Morgan fingerprint density at radius 2 is 2.21 bits per heavy atom. The number of aromatic nitrogens is 2. The predicted octanol–water partition coefficient (Wildman–Crippen LogP) is 4.35. The van der Waals surface area contributed by atoms with Gasteiger partial charge in [-0.1, -0.05) is 17.7 Å². The maximum absolute atomic E-state index is 12.9. The number of rotatable bonds is 2. The van der Waals surface area contributed by atoms with Crippen LogP contribution in [0.4, 0.5) is 0 Å². The minimum absolute atomic E-state index is 0.0277. The molecule has 4 rings (SSSR count). The smallest absolute Gasteiger partial charge is 0.274 e. The third-order valence-corrected chi connectivity index (χ3v) is 5.65. The Bertz CT molecular complexity index is 901. The third-order valence-electron chi connectivity index (χ3n) is 4.42. The molecule has 1 unspecified atom stereocenters. The molecule has 3 heterocycles. The van der Waals surface area contributed by atoms with Crippen LogP contribution in [0.25, 0.3) is 5.69 Å². The number of benzene rings is 1. The van der Waals surface area contributed by atoms with Crippen molar-refractivity contribution in [3.05, 3.63) is 69.1 Å². The standard InChI is InChI=1S/C18H16ClN3OS/c1-12-15-7-10-24-17(15)6-8-21(12)18(23)16-5-9-22(20-16)14-4-2-3-13(19)11-14/h2-5,7,9-12H,6,8H2,1H3. The first-order valence-corrected chi connectivity index (χ1v) is 9.08.